The minimum atomic E-state index is -0.329. The van der Waals surface area contributed by atoms with Gasteiger partial charge in [0.15, 0.2) is 11.5 Å². The molecule has 2 aliphatic rings. The van der Waals surface area contributed by atoms with Crippen LogP contribution in [0.2, 0.25) is 0 Å². The number of aromatic nitrogens is 2. The summed E-state index contributed by atoms with van der Waals surface area (Å²) in [6.07, 6.45) is 4.55. The van der Waals surface area contributed by atoms with Crippen molar-refractivity contribution in [2.45, 2.75) is 32.5 Å². The maximum Gasteiger partial charge on any atom is 0.255 e. The zero-order valence-electron chi connectivity index (χ0n) is 32.3. The minimum Gasteiger partial charge on any atom is -0.505 e. The number of phenols is 1. The third-order valence-corrected chi connectivity index (χ3v) is 10.3. The molecule has 0 saturated carbocycles. The molecule has 0 atom stereocenters. The van der Waals surface area contributed by atoms with Crippen LogP contribution in [0, 0.1) is 11.6 Å². The second-order valence-electron chi connectivity index (χ2n) is 14.0. The lowest BCUT2D eigenvalue weighted by Gasteiger charge is -2.17. The molecule has 59 heavy (non-hydrogen) atoms. The van der Waals surface area contributed by atoms with E-state index < -0.39 is 0 Å². The van der Waals surface area contributed by atoms with Crippen molar-refractivity contribution in [3.05, 3.63) is 159 Å². The lowest BCUT2D eigenvalue weighted by Crippen LogP contribution is -2.13. The molecule has 7 aromatic rings. The monoisotopic (exact) mass is 796 g/mol. The van der Waals surface area contributed by atoms with Crippen LogP contribution in [0.25, 0.3) is 21.8 Å². The Kier molecular flexibility index (Phi) is 10.7. The lowest BCUT2D eigenvalue weighted by atomic mass is 9.99. The van der Waals surface area contributed by atoms with E-state index in [0.717, 1.165) is 44.5 Å². The van der Waals surface area contributed by atoms with Crippen LogP contribution in [0.3, 0.4) is 0 Å². The van der Waals surface area contributed by atoms with E-state index in [2.05, 4.69) is 20.6 Å². The summed E-state index contributed by atoms with van der Waals surface area (Å²) in [6.45, 7) is 0.932. The van der Waals surface area contributed by atoms with E-state index in [1.807, 2.05) is 36.4 Å². The summed E-state index contributed by atoms with van der Waals surface area (Å²) in [7, 11) is 4.73. The molecule has 5 aromatic carbocycles. The van der Waals surface area contributed by atoms with Gasteiger partial charge in [0.25, 0.3) is 11.8 Å². The number of nitrogens with one attached hydrogen (secondary N) is 2. The topological polar surface area (TPSA) is 141 Å². The second kappa shape index (κ2) is 16.3. The van der Waals surface area contributed by atoms with Crippen LogP contribution in [0.15, 0.2) is 97.3 Å². The molecule has 0 radical (unpaired) electrons. The fourth-order valence-electron chi connectivity index (χ4n) is 7.49. The van der Waals surface area contributed by atoms with Crippen LogP contribution in [0.4, 0.5) is 8.78 Å². The van der Waals surface area contributed by atoms with Crippen molar-refractivity contribution in [2.24, 2.45) is 0 Å². The number of benzene rings is 5. The number of carbonyl (C=O) groups is 2. The Morgan fingerprint density at radius 1 is 0.593 bits per heavy atom. The van der Waals surface area contributed by atoms with Gasteiger partial charge in [0.05, 0.1) is 32.5 Å². The van der Waals surface area contributed by atoms with Gasteiger partial charge >= 0.3 is 0 Å². The molecule has 9 rings (SSSR count). The molecule has 2 aromatic heterocycles. The maximum absolute atomic E-state index is 13.3. The molecule has 11 nitrogen and oxygen atoms in total. The van der Waals surface area contributed by atoms with Gasteiger partial charge in [0.2, 0.25) is 0 Å². The number of pyridine rings is 2. The number of nitrogens with zero attached hydrogens (tertiary/aromatic N) is 2. The quantitative estimate of drug-likeness (QED) is 0.127. The average molecular weight is 797 g/mol. The first-order valence-electron chi connectivity index (χ1n) is 18.7. The Hall–Kier alpha value is -7.28. The standard InChI is InChI=1S/C27H23FN2O4.C19H15FN2O3/c1-32-20-9-5-17(6-10-20)15-34-26-23-22(14-30-27(23)31)25(33-2)21-12-18(13-29-24(21)26)11-16-3-7-19(28)8-4-16;1-25-18-13-7-11(6-10-2-4-12(20)5-3-10)8-21-16(13)17(23)15-14(18)9-22-19(15)24/h3-10,12-13H,11,14-15H2,1-2H3,(H,30,31);2-5,7-8,23H,6,9H2,1H3,(H,22,24). The van der Waals surface area contributed by atoms with Crippen LogP contribution >= 0.6 is 0 Å². The number of amides is 2. The zero-order valence-corrected chi connectivity index (χ0v) is 32.3. The van der Waals surface area contributed by atoms with Gasteiger partial charge in [0.1, 0.15) is 46.5 Å². The highest BCUT2D eigenvalue weighted by Crippen LogP contribution is 2.44. The molecule has 0 aliphatic carbocycles. The number of rotatable bonds is 10. The van der Waals surface area contributed by atoms with Gasteiger partial charge in [-0.25, -0.2) is 8.78 Å². The van der Waals surface area contributed by atoms with E-state index >= 15 is 0 Å². The summed E-state index contributed by atoms with van der Waals surface area (Å²) in [6, 6.07) is 24.1. The number of hydrogen-bond acceptors (Lipinski definition) is 9. The molecule has 0 bridgehead atoms. The molecule has 3 N–H and O–H groups in total. The zero-order chi connectivity index (χ0) is 41.2. The van der Waals surface area contributed by atoms with Crippen LogP contribution in [0.5, 0.6) is 28.7 Å². The minimum absolute atomic E-state index is 0.130. The molecular formula is C46H38F2N4O7. The number of phenolic OH excluding ortho intramolecular Hbond substituents is 1. The molecule has 0 saturated heterocycles. The Morgan fingerprint density at radius 3 is 1.59 bits per heavy atom. The Balaban J connectivity index is 0.000000172. The third kappa shape index (κ3) is 7.62. The SMILES string of the molecule is COc1c2c(c(O)c3ncc(Cc4ccc(F)cc4)cc13)C(=O)NC2.COc1ccc(COc2c3c(c(OC)c4cc(Cc5ccc(F)cc5)cnc24)CNC3=O)cc1. The summed E-state index contributed by atoms with van der Waals surface area (Å²) in [4.78, 5) is 33.7. The smallest absolute Gasteiger partial charge is 0.255 e. The summed E-state index contributed by atoms with van der Waals surface area (Å²) < 4.78 is 49.0. The van der Waals surface area contributed by atoms with Gasteiger partial charge in [-0.15, -0.1) is 0 Å². The first-order chi connectivity index (χ1) is 28.6. The number of methoxy groups -OCH3 is 3. The largest absolute Gasteiger partial charge is 0.505 e. The van der Waals surface area contributed by atoms with Crippen molar-refractivity contribution in [1.82, 2.24) is 20.6 Å². The molecular weight excluding hydrogens is 759 g/mol. The van der Waals surface area contributed by atoms with E-state index in [1.165, 1.54) is 31.4 Å². The normalized spacial score (nSPS) is 12.6. The average Bonchev–Trinajstić information content (AvgIpc) is 3.83. The first kappa shape index (κ1) is 38.6. The Bertz CT molecular complexity index is 2740. The Morgan fingerprint density at radius 2 is 1.07 bits per heavy atom. The van der Waals surface area contributed by atoms with Gasteiger partial charge in [-0.2, -0.15) is 0 Å². The lowest BCUT2D eigenvalue weighted by molar-refractivity contribution is 0.0954. The van der Waals surface area contributed by atoms with E-state index in [-0.39, 0.29) is 41.4 Å². The van der Waals surface area contributed by atoms with Crippen LogP contribution in [-0.4, -0.2) is 48.2 Å². The number of fused-ring (bicyclic) bond motifs is 4. The second-order valence-corrected chi connectivity index (χ2v) is 14.0. The predicted molar refractivity (Wildman–Crippen MR) is 216 cm³/mol. The van der Waals surface area contributed by atoms with Crippen molar-refractivity contribution < 1.29 is 42.4 Å². The van der Waals surface area contributed by atoms with Gasteiger partial charge in [-0.3, -0.25) is 19.6 Å². The van der Waals surface area contributed by atoms with Crippen molar-refractivity contribution in [1.29, 1.82) is 0 Å². The number of carbonyl (C=O) groups excluding carboxylic acids is 2. The van der Waals surface area contributed by atoms with Crippen molar-refractivity contribution in [3.8, 4) is 28.7 Å². The molecule has 2 aliphatic heterocycles. The number of hydrogen-bond donors (Lipinski definition) is 3. The van der Waals surface area contributed by atoms with Crippen LogP contribution in [0.1, 0.15) is 59.7 Å². The third-order valence-electron chi connectivity index (χ3n) is 10.3. The number of ether oxygens (including phenoxy) is 4. The summed E-state index contributed by atoms with van der Waals surface area (Å²) in [5, 5.41) is 17.4. The van der Waals surface area contributed by atoms with Gasteiger partial charge in [0, 0.05) is 47.4 Å². The van der Waals surface area contributed by atoms with E-state index in [4.69, 9.17) is 18.9 Å². The predicted octanol–water partition coefficient (Wildman–Crippen LogP) is 7.73. The van der Waals surface area contributed by atoms with Crippen molar-refractivity contribution in [3.63, 3.8) is 0 Å². The van der Waals surface area contributed by atoms with E-state index in [0.29, 0.717) is 70.7 Å². The highest BCUT2D eigenvalue weighted by molar-refractivity contribution is 6.10. The van der Waals surface area contributed by atoms with E-state index in [9.17, 15) is 23.5 Å². The van der Waals surface area contributed by atoms with Crippen molar-refractivity contribution >= 4 is 33.6 Å². The number of halogens is 2. The summed E-state index contributed by atoms with van der Waals surface area (Å²) in [5.74, 6) is 1.12. The van der Waals surface area contributed by atoms with Gasteiger partial charge in [-0.1, -0.05) is 36.4 Å². The first-order valence-corrected chi connectivity index (χ1v) is 18.7. The fraction of sp³-hybridized carbons (Fsp3) is 0.174. The van der Waals surface area contributed by atoms with Gasteiger partial charge in [-0.05, 0) is 89.2 Å². The molecule has 0 unspecified atom stereocenters. The highest BCUT2D eigenvalue weighted by atomic mass is 19.1. The molecule has 2 amide bonds. The molecule has 4 heterocycles. The van der Waals surface area contributed by atoms with Gasteiger partial charge < -0.3 is 34.7 Å². The van der Waals surface area contributed by atoms with Crippen LogP contribution in [-0.2, 0) is 32.5 Å². The van der Waals surface area contributed by atoms with E-state index in [1.54, 1.807) is 50.9 Å². The molecule has 298 valence electrons. The highest BCUT2D eigenvalue weighted by Gasteiger charge is 2.32. The molecule has 0 fully saturated rings. The van der Waals surface area contributed by atoms with Crippen molar-refractivity contribution in [2.75, 3.05) is 21.3 Å². The number of aromatic hydroxyl groups is 1. The summed E-state index contributed by atoms with van der Waals surface area (Å²) >= 11 is 0. The molecule has 0 spiro atoms. The van der Waals surface area contributed by atoms with Crippen LogP contribution < -0.4 is 29.6 Å². The Labute approximate surface area is 337 Å². The fourth-order valence-corrected chi connectivity index (χ4v) is 7.49. The maximum atomic E-state index is 13.3. The summed E-state index contributed by atoms with van der Waals surface area (Å²) in [5.41, 5.74) is 7.65. The molecule has 13 heteroatoms.